The number of nitrogens with zero attached hydrogens (tertiary/aromatic N) is 1. The first kappa shape index (κ1) is 14.3. The normalized spacial score (nSPS) is 19.7. The summed E-state index contributed by atoms with van der Waals surface area (Å²) in [6, 6.07) is 8.05. The maximum absolute atomic E-state index is 10.5. The predicted molar refractivity (Wildman–Crippen MR) is 73.4 cm³/mol. The summed E-state index contributed by atoms with van der Waals surface area (Å²) in [7, 11) is 0. The highest BCUT2D eigenvalue weighted by atomic mass is 35.5. The monoisotopic (exact) mass is 283 g/mol. The number of carboxylic acid groups (broad SMARTS) is 1. The van der Waals surface area contributed by atoms with E-state index in [0.29, 0.717) is 0 Å². The number of rotatable bonds is 5. The quantitative estimate of drug-likeness (QED) is 0.902. The molecule has 5 heteroatoms. The van der Waals surface area contributed by atoms with Crippen LogP contribution >= 0.6 is 11.6 Å². The van der Waals surface area contributed by atoms with Crippen molar-refractivity contribution >= 4 is 17.6 Å². The van der Waals surface area contributed by atoms with Crippen molar-refractivity contribution in [1.82, 2.24) is 4.90 Å². The Labute approximate surface area is 117 Å². The van der Waals surface area contributed by atoms with E-state index in [2.05, 4.69) is 11.8 Å². The number of hydrogen-bond acceptors (Lipinski definition) is 3. The number of carboxylic acids is 1. The van der Waals surface area contributed by atoms with Gasteiger partial charge in [-0.25, -0.2) is 4.79 Å². The van der Waals surface area contributed by atoms with Gasteiger partial charge in [0.2, 0.25) is 0 Å². The summed E-state index contributed by atoms with van der Waals surface area (Å²) >= 11 is 5.99. The van der Waals surface area contributed by atoms with E-state index >= 15 is 0 Å². The second kappa shape index (κ2) is 5.49. The van der Waals surface area contributed by atoms with Crippen molar-refractivity contribution in [2.75, 3.05) is 19.7 Å². The van der Waals surface area contributed by atoms with Crippen molar-refractivity contribution in [3.05, 3.63) is 34.9 Å². The molecule has 104 valence electrons. The van der Waals surface area contributed by atoms with Gasteiger partial charge in [-0.2, -0.15) is 0 Å². The van der Waals surface area contributed by atoms with Gasteiger partial charge in [0.15, 0.2) is 0 Å². The molecule has 0 aliphatic carbocycles. The summed E-state index contributed by atoms with van der Waals surface area (Å²) in [5, 5.41) is 9.36. The number of halogens is 1. The zero-order valence-corrected chi connectivity index (χ0v) is 11.9. The van der Waals surface area contributed by atoms with Crippen molar-refractivity contribution in [3.63, 3.8) is 0 Å². The molecule has 1 atom stereocenters. The molecule has 0 amide bonds. The first-order chi connectivity index (χ1) is 8.89. The molecule has 1 saturated heterocycles. The molecule has 1 aliphatic rings. The predicted octanol–water partition coefficient (Wildman–Crippen LogP) is 2.58. The van der Waals surface area contributed by atoms with Gasteiger partial charge >= 0.3 is 5.97 Å². The molecule has 1 N–H and O–H groups in total. The summed E-state index contributed by atoms with van der Waals surface area (Å²) in [5.41, 5.74) is 0.804. The zero-order chi connectivity index (χ0) is 14.0. The van der Waals surface area contributed by atoms with Crippen LogP contribution in [0, 0.1) is 0 Å². The maximum Gasteiger partial charge on any atom is 0.329 e. The Kier molecular flexibility index (Phi) is 4.13. The molecule has 4 nitrogen and oxygen atoms in total. The van der Waals surface area contributed by atoms with Crippen molar-refractivity contribution < 1.29 is 14.6 Å². The van der Waals surface area contributed by atoms with Gasteiger partial charge in [-0.3, -0.25) is 4.90 Å². The highest BCUT2D eigenvalue weighted by Crippen LogP contribution is 2.33. The zero-order valence-electron chi connectivity index (χ0n) is 11.1. The Morgan fingerprint density at radius 1 is 1.58 bits per heavy atom. The van der Waals surface area contributed by atoms with Crippen LogP contribution in [-0.2, 0) is 9.53 Å². The van der Waals surface area contributed by atoms with Crippen LogP contribution < -0.4 is 0 Å². The van der Waals surface area contributed by atoms with Crippen LogP contribution in [0.4, 0.5) is 0 Å². The fraction of sp³-hybridized carbons (Fsp3) is 0.500. The number of benzene rings is 1. The van der Waals surface area contributed by atoms with Gasteiger partial charge in [0, 0.05) is 24.2 Å². The summed E-state index contributed by atoms with van der Waals surface area (Å²) < 4.78 is 5.40. The largest absolute Gasteiger partial charge is 0.480 e. The lowest BCUT2D eigenvalue weighted by atomic mass is 9.92. The lowest BCUT2D eigenvalue weighted by molar-refractivity contribution is -0.169. The van der Waals surface area contributed by atoms with Crippen LogP contribution in [0.1, 0.15) is 25.5 Å². The minimum Gasteiger partial charge on any atom is -0.480 e. The van der Waals surface area contributed by atoms with Gasteiger partial charge in [-0.1, -0.05) is 23.7 Å². The Hall–Kier alpha value is -1.10. The molecule has 1 unspecified atom stereocenters. The molecule has 1 aliphatic heterocycles. The third kappa shape index (κ3) is 3.47. The lowest BCUT2D eigenvalue weighted by Crippen LogP contribution is -2.62. The van der Waals surface area contributed by atoms with E-state index in [9.17, 15) is 4.79 Å². The number of likely N-dealkylation sites (tertiary alicyclic amines) is 1. The molecular weight excluding hydrogens is 266 g/mol. The van der Waals surface area contributed by atoms with E-state index in [1.54, 1.807) is 0 Å². The molecule has 1 aromatic carbocycles. The van der Waals surface area contributed by atoms with Gasteiger partial charge in [-0.05, 0) is 31.5 Å². The molecule has 1 aromatic rings. The SMILES string of the molecule is CC(c1cccc(Cl)c1)N1CC(C)(OCC(=O)O)C1. The minimum absolute atomic E-state index is 0.240. The van der Waals surface area contributed by atoms with E-state index in [0.717, 1.165) is 23.7 Å². The van der Waals surface area contributed by atoms with Crippen LogP contribution in [0.3, 0.4) is 0 Å². The van der Waals surface area contributed by atoms with Gasteiger partial charge in [-0.15, -0.1) is 0 Å². The smallest absolute Gasteiger partial charge is 0.329 e. The molecule has 1 heterocycles. The molecule has 2 rings (SSSR count). The van der Waals surface area contributed by atoms with Crippen molar-refractivity contribution in [2.24, 2.45) is 0 Å². The number of aliphatic carboxylic acids is 1. The van der Waals surface area contributed by atoms with Crippen molar-refractivity contribution in [3.8, 4) is 0 Å². The van der Waals surface area contributed by atoms with Gasteiger partial charge < -0.3 is 9.84 Å². The lowest BCUT2D eigenvalue weighted by Gasteiger charge is -2.50. The highest BCUT2D eigenvalue weighted by molar-refractivity contribution is 6.30. The maximum atomic E-state index is 10.5. The summed E-state index contributed by atoms with van der Waals surface area (Å²) in [6.07, 6.45) is 0. The number of carbonyl (C=O) groups is 1. The summed E-state index contributed by atoms with van der Waals surface area (Å²) in [4.78, 5) is 12.8. The Morgan fingerprint density at radius 2 is 2.26 bits per heavy atom. The van der Waals surface area contributed by atoms with Crippen LogP contribution in [0.25, 0.3) is 0 Å². The van der Waals surface area contributed by atoms with Crippen molar-refractivity contribution in [1.29, 1.82) is 0 Å². The molecule has 0 radical (unpaired) electrons. The van der Waals surface area contributed by atoms with E-state index in [4.69, 9.17) is 21.4 Å². The Bertz CT molecular complexity index is 472. The van der Waals surface area contributed by atoms with Crippen LogP contribution in [0.2, 0.25) is 5.02 Å². The van der Waals surface area contributed by atoms with E-state index in [1.807, 2.05) is 31.2 Å². The Balaban J connectivity index is 1.91. The fourth-order valence-electron chi connectivity index (χ4n) is 2.39. The molecule has 0 aromatic heterocycles. The second-order valence-corrected chi connectivity index (χ2v) is 5.70. The van der Waals surface area contributed by atoms with Crippen LogP contribution in [0.5, 0.6) is 0 Å². The topological polar surface area (TPSA) is 49.8 Å². The molecule has 0 spiro atoms. The van der Waals surface area contributed by atoms with Gasteiger partial charge in [0.1, 0.15) is 6.61 Å². The van der Waals surface area contributed by atoms with Gasteiger partial charge in [0.25, 0.3) is 0 Å². The minimum atomic E-state index is -0.928. The highest BCUT2D eigenvalue weighted by Gasteiger charge is 2.42. The number of ether oxygens (including phenoxy) is 1. The second-order valence-electron chi connectivity index (χ2n) is 5.27. The average molecular weight is 284 g/mol. The van der Waals surface area contributed by atoms with Crippen LogP contribution in [0.15, 0.2) is 24.3 Å². The molecule has 0 bridgehead atoms. The standard InChI is InChI=1S/C14H18ClNO3/c1-10(11-4-3-5-12(15)6-11)16-8-14(2,9-16)19-7-13(17)18/h3-6,10H,7-9H2,1-2H3,(H,17,18). The molecule has 1 fully saturated rings. The van der Waals surface area contributed by atoms with Gasteiger partial charge in [0.05, 0.1) is 5.60 Å². The summed E-state index contributed by atoms with van der Waals surface area (Å²) in [5.74, 6) is -0.928. The van der Waals surface area contributed by atoms with E-state index in [-0.39, 0.29) is 18.2 Å². The Morgan fingerprint density at radius 3 is 2.84 bits per heavy atom. The molecular formula is C14H18ClNO3. The number of hydrogen-bond donors (Lipinski definition) is 1. The first-order valence-corrected chi connectivity index (χ1v) is 6.63. The third-order valence-corrected chi connectivity index (χ3v) is 3.73. The average Bonchev–Trinajstić information content (AvgIpc) is 2.32. The molecule has 19 heavy (non-hydrogen) atoms. The third-order valence-electron chi connectivity index (χ3n) is 3.50. The van der Waals surface area contributed by atoms with Crippen molar-refractivity contribution in [2.45, 2.75) is 25.5 Å². The fourth-order valence-corrected chi connectivity index (χ4v) is 2.59. The first-order valence-electron chi connectivity index (χ1n) is 6.25. The molecule has 0 saturated carbocycles. The summed E-state index contributed by atoms with van der Waals surface area (Å²) in [6.45, 7) is 5.28. The van der Waals surface area contributed by atoms with E-state index < -0.39 is 5.97 Å². The van der Waals surface area contributed by atoms with Crippen LogP contribution in [-0.4, -0.2) is 41.3 Å². The van der Waals surface area contributed by atoms with E-state index in [1.165, 1.54) is 0 Å².